The molecule has 0 aliphatic heterocycles. The highest BCUT2D eigenvalue weighted by molar-refractivity contribution is 5.74. The van der Waals surface area contributed by atoms with Crippen molar-refractivity contribution in [3.63, 3.8) is 0 Å². The predicted octanol–water partition coefficient (Wildman–Crippen LogP) is 9.93. The van der Waals surface area contributed by atoms with Gasteiger partial charge in [0.05, 0.1) is 0 Å². The summed E-state index contributed by atoms with van der Waals surface area (Å²) < 4.78 is 44.1. The lowest BCUT2D eigenvalue weighted by Crippen LogP contribution is -2.06. The Balaban J connectivity index is 1.49. The van der Waals surface area contributed by atoms with Crippen molar-refractivity contribution in [2.45, 2.75) is 58.8 Å². The van der Waals surface area contributed by atoms with Crippen molar-refractivity contribution in [3.05, 3.63) is 101 Å². The molecule has 0 nitrogen and oxygen atoms in total. The van der Waals surface area contributed by atoms with Gasteiger partial charge >= 0.3 is 0 Å². The lowest BCUT2D eigenvalue weighted by atomic mass is 9.84. The fourth-order valence-corrected chi connectivity index (χ4v) is 4.97. The Morgan fingerprint density at radius 2 is 1.57 bits per heavy atom. The van der Waals surface area contributed by atoms with Gasteiger partial charge in [0.25, 0.3) is 0 Å². The van der Waals surface area contributed by atoms with Gasteiger partial charge in [0.1, 0.15) is 5.82 Å². The number of aryl methyl sites for hydroxylation is 1. The molecule has 1 unspecified atom stereocenters. The molecule has 0 fully saturated rings. The lowest BCUT2D eigenvalue weighted by Gasteiger charge is -2.22. The van der Waals surface area contributed by atoms with Gasteiger partial charge in [-0.1, -0.05) is 80.1 Å². The molecule has 0 N–H and O–H groups in total. The maximum atomic E-state index is 15.1. The molecular weight excluding hydrogens is 441 g/mol. The molecular formula is C32H33F3. The van der Waals surface area contributed by atoms with E-state index < -0.39 is 11.6 Å². The van der Waals surface area contributed by atoms with Crippen LogP contribution in [-0.4, -0.2) is 0 Å². The molecule has 0 saturated heterocycles. The second-order valence-electron chi connectivity index (χ2n) is 9.44. The molecule has 0 amide bonds. The first kappa shape index (κ1) is 25.0. The molecule has 0 spiro atoms. The van der Waals surface area contributed by atoms with Gasteiger partial charge in [0, 0.05) is 11.1 Å². The molecule has 4 rings (SSSR count). The van der Waals surface area contributed by atoms with Crippen LogP contribution in [0.25, 0.3) is 27.8 Å². The summed E-state index contributed by atoms with van der Waals surface area (Å²) in [4.78, 5) is 0. The van der Waals surface area contributed by atoms with Crippen molar-refractivity contribution in [3.8, 4) is 22.3 Å². The zero-order valence-corrected chi connectivity index (χ0v) is 20.6. The molecule has 3 aromatic rings. The fraction of sp³-hybridized carbons (Fsp3) is 0.312. The Morgan fingerprint density at radius 3 is 2.23 bits per heavy atom. The highest BCUT2D eigenvalue weighted by atomic mass is 19.2. The second-order valence-corrected chi connectivity index (χ2v) is 9.44. The molecule has 0 bridgehead atoms. The molecule has 0 radical (unpaired) electrons. The maximum absolute atomic E-state index is 15.1. The van der Waals surface area contributed by atoms with E-state index in [0.29, 0.717) is 29.0 Å². The van der Waals surface area contributed by atoms with Gasteiger partial charge in [0.2, 0.25) is 0 Å². The van der Waals surface area contributed by atoms with E-state index in [2.05, 4.69) is 18.2 Å². The van der Waals surface area contributed by atoms with Crippen LogP contribution in [0.2, 0.25) is 0 Å². The molecule has 1 atom stereocenters. The summed E-state index contributed by atoms with van der Waals surface area (Å²) in [5.74, 6) is -1.13. The van der Waals surface area contributed by atoms with Crippen LogP contribution in [0.5, 0.6) is 0 Å². The van der Waals surface area contributed by atoms with Crippen LogP contribution in [0.15, 0.2) is 72.8 Å². The van der Waals surface area contributed by atoms with Crippen molar-refractivity contribution in [1.82, 2.24) is 0 Å². The third-order valence-electron chi connectivity index (χ3n) is 7.02. The standard InChI is InChI=1S/C32H33F3/c1-3-5-6-8-22-9-11-24(12-10-22)28-19-18-27(21-30(28)33)23-13-15-25(16-14-23)29-20-17-26(7-4-2)31(34)32(29)35/h3,5,11,13-22H,4,6-10,12H2,1-2H3/b5-3+. The van der Waals surface area contributed by atoms with Crippen molar-refractivity contribution in [2.75, 3.05) is 0 Å². The zero-order valence-electron chi connectivity index (χ0n) is 20.6. The SMILES string of the molecule is C/C=C/CCC1CC=C(c2ccc(-c3ccc(-c4ccc(CCC)c(F)c4F)cc3)cc2F)CC1. The zero-order chi connectivity index (χ0) is 24.8. The van der Waals surface area contributed by atoms with Gasteiger partial charge in [-0.15, -0.1) is 0 Å². The van der Waals surface area contributed by atoms with Crippen molar-refractivity contribution >= 4 is 5.57 Å². The Hall–Kier alpha value is -3.07. The number of allylic oxidation sites excluding steroid dienone is 4. The smallest absolute Gasteiger partial charge is 0.166 e. The van der Waals surface area contributed by atoms with Crippen LogP contribution in [0, 0.1) is 23.4 Å². The summed E-state index contributed by atoms with van der Waals surface area (Å²) in [6.45, 7) is 3.99. The topological polar surface area (TPSA) is 0 Å². The van der Waals surface area contributed by atoms with E-state index in [-0.39, 0.29) is 11.4 Å². The normalized spacial score (nSPS) is 16.0. The molecule has 35 heavy (non-hydrogen) atoms. The lowest BCUT2D eigenvalue weighted by molar-refractivity contribution is 0.453. The minimum absolute atomic E-state index is 0.218. The van der Waals surface area contributed by atoms with Gasteiger partial charge in [-0.25, -0.2) is 13.2 Å². The highest BCUT2D eigenvalue weighted by Gasteiger charge is 2.18. The molecule has 0 saturated carbocycles. The van der Waals surface area contributed by atoms with E-state index in [1.54, 1.807) is 30.3 Å². The number of benzene rings is 3. The summed E-state index contributed by atoms with van der Waals surface area (Å²) in [7, 11) is 0. The number of hydrogen-bond donors (Lipinski definition) is 0. The minimum atomic E-state index is -0.816. The van der Waals surface area contributed by atoms with Crippen LogP contribution in [0.3, 0.4) is 0 Å². The average molecular weight is 475 g/mol. The monoisotopic (exact) mass is 474 g/mol. The van der Waals surface area contributed by atoms with E-state index in [1.165, 1.54) is 6.42 Å². The summed E-state index contributed by atoms with van der Waals surface area (Å²) in [5, 5.41) is 0. The first-order valence-corrected chi connectivity index (χ1v) is 12.7. The van der Waals surface area contributed by atoms with Gasteiger partial charge in [-0.2, -0.15) is 0 Å². The van der Waals surface area contributed by atoms with Gasteiger partial charge in [0.15, 0.2) is 11.6 Å². The Bertz CT molecular complexity index is 1220. The van der Waals surface area contributed by atoms with Crippen molar-refractivity contribution in [1.29, 1.82) is 0 Å². The predicted molar refractivity (Wildman–Crippen MR) is 141 cm³/mol. The molecule has 3 aromatic carbocycles. The van der Waals surface area contributed by atoms with Crippen LogP contribution >= 0.6 is 0 Å². The molecule has 1 aliphatic rings. The third kappa shape index (κ3) is 5.78. The first-order chi connectivity index (χ1) is 17.0. The minimum Gasteiger partial charge on any atom is -0.206 e. The Labute approximate surface area is 207 Å². The van der Waals surface area contributed by atoms with E-state index in [4.69, 9.17) is 0 Å². The van der Waals surface area contributed by atoms with E-state index >= 15 is 4.39 Å². The van der Waals surface area contributed by atoms with Crippen LogP contribution in [-0.2, 0) is 6.42 Å². The van der Waals surface area contributed by atoms with Crippen LogP contribution in [0.1, 0.15) is 63.5 Å². The van der Waals surface area contributed by atoms with E-state index in [0.717, 1.165) is 48.8 Å². The molecule has 3 heteroatoms. The largest absolute Gasteiger partial charge is 0.206 e. The fourth-order valence-electron chi connectivity index (χ4n) is 4.97. The summed E-state index contributed by atoms with van der Waals surface area (Å²) in [5.41, 5.74) is 4.62. The highest BCUT2D eigenvalue weighted by Crippen LogP contribution is 2.35. The van der Waals surface area contributed by atoms with Crippen molar-refractivity contribution < 1.29 is 13.2 Å². The molecule has 0 heterocycles. The number of hydrogen-bond acceptors (Lipinski definition) is 0. The number of rotatable bonds is 8. The van der Waals surface area contributed by atoms with Crippen LogP contribution in [0.4, 0.5) is 13.2 Å². The van der Waals surface area contributed by atoms with Crippen molar-refractivity contribution in [2.24, 2.45) is 5.92 Å². The molecule has 0 aromatic heterocycles. The third-order valence-corrected chi connectivity index (χ3v) is 7.02. The number of halogens is 3. The Morgan fingerprint density at radius 1 is 0.857 bits per heavy atom. The van der Waals surface area contributed by atoms with Crippen LogP contribution < -0.4 is 0 Å². The first-order valence-electron chi connectivity index (χ1n) is 12.7. The Kier molecular flexibility index (Phi) is 8.28. The summed E-state index contributed by atoms with van der Waals surface area (Å²) in [6.07, 6.45) is 13.1. The van der Waals surface area contributed by atoms with Gasteiger partial charge < -0.3 is 0 Å². The maximum Gasteiger partial charge on any atom is 0.166 e. The average Bonchev–Trinajstić information content (AvgIpc) is 2.88. The second kappa shape index (κ2) is 11.6. The molecule has 182 valence electrons. The summed E-state index contributed by atoms with van der Waals surface area (Å²) >= 11 is 0. The summed E-state index contributed by atoms with van der Waals surface area (Å²) in [6, 6.07) is 15.8. The van der Waals surface area contributed by atoms with E-state index in [1.807, 2.05) is 38.1 Å². The van der Waals surface area contributed by atoms with Gasteiger partial charge in [-0.3, -0.25) is 0 Å². The van der Waals surface area contributed by atoms with Gasteiger partial charge in [-0.05, 0) is 85.3 Å². The quantitative estimate of drug-likeness (QED) is 0.285. The van der Waals surface area contributed by atoms with E-state index in [9.17, 15) is 8.78 Å². The molecule has 1 aliphatic carbocycles.